The molecule has 1 aromatic rings. The minimum Gasteiger partial charge on any atom is -0.381 e. The molecule has 1 amide bonds. The Morgan fingerprint density at radius 2 is 1.89 bits per heavy atom. The zero-order valence-electron chi connectivity index (χ0n) is 16.4. The van der Waals surface area contributed by atoms with Gasteiger partial charge in [-0.15, -0.1) is 0 Å². The normalized spacial score (nSPS) is 18.4. The van der Waals surface area contributed by atoms with Gasteiger partial charge in [0.1, 0.15) is 0 Å². The molecule has 0 saturated carbocycles. The zero-order valence-corrected chi connectivity index (χ0v) is 17.2. The quantitative estimate of drug-likeness (QED) is 0.655. The summed E-state index contributed by atoms with van der Waals surface area (Å²) in [7, 11) is -3.62. The van der Waals surface area contributed by atoms with E-state index >= 15 is 0 Å². The predicted octanol–water partition coefficient (Wildman–Crippen LogP) is 1.67. The molecular formula is C19H29N3O5S. The average Bonchev–Trinajstić information content (AvgIpc) is 3.23. The van der Waals surface area contributed by atoms with Crippen molar-refractivity contribution in [3.05, 3.63) is 18.2 Å². The summed E-state index contributed by atoms with van der Waals surface area (Å²) >= 11 is 0. The number of morpholine rings is 1. The molecule has 9 heteroatoms. The molecule has 0 radical (unpaired) electrons. The molecule has 0 aromatic heterocycles. The first kappa shape index (κ1) is 21.0. The van der Waals surface area contributed by atoms with Crippen LogP contribution in [-0.4, -0.2) is 71.2 Å². The molecule has 0 aliphatic carbocycles. The Bertz CT molecular complexity index is 772. The number of hydrogen-bond acceptors (Lipinski definition) is 6. The van der Waals surface area contributed by atoms with Crippen molar-refractivity contribution >= 4 is 27.3 Å². The molecular weight excluding hydrogens is 382 g/mol. The van der Waals surface area contributed by atoms with Crippen molar-refractivity contribution in [3.63, 3.8) is 0 Å². The van der Waals surface area contributed by atoms with E-state index in [4.69, 9.17) is 9.47 Å². The topological polar surface area (TPSA) is 88.2 Å². The molecule has 156 valence electrons. The largest absolute Gasteiger partial charge is 0.381 e. The van der Waals surface area contributed by atoms with Gasteiger partial charge in [-0.05, 0) is 38.0 Å². The fraction of sp³-hybridized carbons (Fsp3) is 0.632. The first-order valence-electron chi connectivity index (χ1n) is 9.87. The Morgan fingerprint density at radius 3 is 2.57 bits per heavy atom. The monoisotopic (exact) mass is 411 g/mol. The van der Waals surface area contributed by atoms with Crippen LogP contribution < -0.4 is 10.2 Å². The molecule has 28 heavy (non-hydrogen) atoms. The average molecular weight is 412 g/mol. The van der Waals surface area contributed by atoms with E-state index in [2.05, 4.69) is 10.2 Å². The van der Waals surface area contributed by atoms with Crippen LogP contribution in [-0.2, 0) is 24.3 Å². The van der Waals surface area contributed by atoms with Crippen molar-refractivity contribution in [2.75, 3.05) is 62.8 Å². The standard InChI is InChI=1S/C19H29N3O5S/c1-2-26-12-7-19(23)20-17-15-16(5-6-18(17)21-8-3-4-9-21)28(24,25)22-10-13-27-14-11-22/h5-6,15H,2-4,7-14H2,1H3,(H,20,23). The Balaban J connectivity index is 1.85. The maximum absolute atomic E-state index is 13.0. The van der Waals surface area contributed by atoms with E-state index in [0.717, 1.165) is 31.6 Å². The van der Waals surface area contributed by atoms with E-state index in [0.29, 0.717) is 45.2 Å². The van der Waals surface area contributed by atoms with Crippen LogP contribution in [0.3, 0.4) is 0 Å². The predicted molar refractivity (Wildman–Crippen MR) is 107 cm³/mol. The number of hydrogen-bond donors (Lipinski definition) is 1. The van der Waals surface area contributed by atoms with Crippen molar-refractivity contribution in [1.29, 1.82) is 0 Å². The van der Waals surface area contributed by atoms with Crippen molar-refractivity contribution in [3.8, 4) is 0 Å². The third-order valence-electron chi connectivity index (χ3n) is 4.97. The lowest BCUT2D eigenvalue weighted by Gasteiger charge is -2.27. The second kappa shape index (κ2) is 9.69. The van der Waals surface area contributed by atoms with Crippen LogP contribution in [0.15, 0.2) is 23.1 Å². The molecule has 3 rings (SSSR count). The minimum absolute atomic E-state index is 0.185. The van der Waals surface area contributed by atoms with Gasteiger partial charge in [-0.1, -0.05) is 0 Å². The molecule has 1 aromatic carbocycles. The number of ether oxygens (including phenoxy) is 2. The summed E-state index contributed by atoms with van der Waals surface area (Å²) in [6.07, 6.45) is 2.41. The molecule has 8 nitrogen and oxygen atoms in total. The third kappa shape index (κ3) is 5.02. The first-order chi connectivity index (χ1) is 13.5. The Kier molecular flexibility index (Phi) is 7.28. The second-order valence-corrected chi connectivity index (χ2v) is 8.82. The molecule has 2 saturated heterocycles. The van der Waals surface area contributed by atoms with E-state index in [-0.39, 0.29) is 17.2 Å². The highest BCUT2D eigenvalue weighted by molar-refractivity contribution is 7.89. The number of rotatable bonds is 8. The van der Waals surface area contributed by atoms with Crippen molar-refractivity contribution in [1.82, 2.24) is 4.31 Å². The van der Waals surface area contributed by atoms with Crippen molar-refractivity contribution in [2.45, 2.75) is 31.1 Å². The fourth-order valence-corrected chi connectivity index (χ4v) is 4.90. The summed E-state index contributed by atoms with van der Waals surface area (Å²) in [4.78, 5) is 14.7. The minimum atomic E-state index is -3.62. The summed E-state index contributed by atoms with van der Waals surface area (Å²) in [5.41, 5.74) is 1.40. The molecule has 0 spiro atoms. The smallest absolute Gasteiger partial charge is 0.243 e. The lowest BCUT2D eigenvalue weighted by Crippen LogP contribution is -2.40. The van der Waals surface area contributed by atoms with Gasteiger partial charge in [0.05, 0.1) is 42.5 Å². The van der Waals surface area contributed by atoms with E-state index in [1.54, 1.807) is 18.2 Å². The van der Waals surface area contributed by atoms with Crippen LogP contribution in [0.25, 0.3) is 0 Å². The van der Waals surface area contributed by atoms with Crippen LogP contribution in [0.2, 0.25) is 0 Å². The fourth-order valence-electron chi connectivity index (χ4n) is 3.47. The lowest BCUT2D eigenvalue weighted by atomic mass is 10.2. The Labute approximate surface area is 166 Å². The van der Waals surface area contributed by atoms with Crippen molar-refractivity contribution in [2.24, 2.45) is 0 Å². The van der Waals surface area contributed by atoms with E-state index in [1.807, 2.05) is 6.92 Å². The molecule has 2 fully saturated rings. The number of anilines is 2. The first-order valence-corrected chi connectivity index (χ1v) is 11.3. The number of carbonyl (C=O) groups is 1. The molecule has 1 N–H and O–H groups in total. The van der Waals surface area contributed by atoms with Gasteiger partial charge in [0, 0.05) is 32.8 Å². The second-order valence-electron chi connectivity index (χ2n) is 6.88. The van der Waals surface area contributed by atoms with Crippen molar-refractivity contribution < 1.29 is 22.7 Å². The van der Waals surface area contributed by atoms with Crippen LogP contribution in [0, 0.1) is 0 Å². The molecule has 2 aliphatic heterocycles. The van der Waals surface area contributed by atoms with Gasteiger partial charge in [0.15, 0.2) is 0 Å². The number of nitrogens with one attached hydrogen (secondary N) is 1. The van der Waals surface area contributed by atoms with Gasteiger partial charge in [-0.25, -0.2) is 8.42 Å². The zero-order chi connectivity index (χ0) is 20.0. The number of amides is 1. The molecule has 0 bridgehead atoms. The summed E-state index contributed by atoms with van der Waals surface area (Å²) in [6.45, 7) is 6.04. The van der Waals surface area contributed by atoms with Gasteiger partial charge in [-0.2, -0.15) is 4.31 Å². The molecule has 2 aliphatic rings. The van der Waals surface area contributed by atoms with E-state index < -0.39 is 10.0 Å². The number of carbonyl (C=O) groups excluding carboxylic acids is 1. The molecule has 0 atom stereocenters. The Hall–Kier alpha value is -1.68. The summed E-state index contributed by atoms with van der Waals surface area (Å²) in [6, 6.07) is 5.02. The third-order valence-corrected chi connectivity index (χ3v) is 6.87. The van der Waals surface area contributed by atoms with E-state index in [1.165, 1.54) is 4.31 Å². The van der Waals surface area contributed by atoms with Crippen LogP contribution >= 0.6 is 0 Å². The summed E-state index contributed by atoms with van der Waals surface area (Å²) in [5.74, 6) is -0.185. The number of benzene rings is 1. The maximum atomic E-state index is 13.0. The lowest BCUT2D eigenvalue weighted by molar-refractivity contribution is -0.117. The molecule has 2 heterocycles. The maximum Gasteiger partial charge on any atom is 0.243 e. The summed E-state index contributed by atoms with van der Waals surface area (Å²) < 4.78 is 37.9. The van der Waals surface area contributed by atoms with Crippen LogP contribution in [0.5, 0.6) is 0 Å². The van der Waals surface area contributed by atoms with Crippen LogP contribution in [0.4, 0.5) is 11.4 Å². The van der Waals surface area contributed by atoms with Gasteiger partial charge in [0.25, 0.3) is 0 Å². The van der Waals surface area contributed by atoms with Gasteiger partial charge in [0.2, 0.25) is 15.9 Å². The van der Waals surface area contributed by atoms with E-state index in [9.17, 15) is 13.2 Å². The molecule has 0 unspecified atom stereocenters. The number of sulfonamides is 1. The highest BCUT2D eigenvalue weighted by Crippen LogP contribution is 2.32. The van der Waals surface area contributed by atoms with Gasteiger partial charge < -0.3 is 19.7 Å². The van der Waals surface area contributed by atoms with Gasteiger partial charge in [-0.3, -0.25) is 4.79 Å². The van der Waals surface area contributed by atoms with Crippen LogP contribution in [0.1, 0.15) is 26.2 Å². The Morgan fingerprint density at radius 1 is 1.18 bits per heavy atom. The summed E-state index contributed by atoms with van der Waals surface area (Å²) in [5, 5.41) is 2.89. The highest BCUT2D eigenvalue weighted by Gasteiger charge is 2.28. The van der Waals surface area contributed by atoms with Gasteiger partial charge >= 0.3 is 0 Å². The number of nitrogens with zero attached hydrogens (tertiary/aromatic N) is 2. The SMILES string of the molecule is CCOCCC(=O)Nc1cc(S(=O)(=O)N2CCOCC2)ccc1N1CCCC1. The highest BCUT2D eigenvalue weighted by atomic mass is 32.2.